The molecule has 2 N–H and O–H groups in total. The van der Waals surface area contributed by atoms with Crippen LogP contribution in [-0.4, -0.2) is 37.9 Å². The molecule has 2 atom stereocenters. The number of esters is 1. The number of hydrogen-bond donors (Lipinski definition) is 2. The fraction of sp³-hybridized carbons (Fsp3) is 0.333. The van der Waals surface area contributed by atoms with Gasteiger partial charge in [-0.15, -0.1) is 0 Å². The lowest BCUT2D eigenvalue weighted by Crippen LogP contribution is -2.46. The van der Waals surface area contributed by atoms with Crippen LogP contribution in [-0.2, 0) is 19.6 Å². The van der Waals surface area contributed by atoms with E-state index in [1.165, 1.54) is 12.1 Å². The second kappa shape index (κ2) is 12.5. The van der Waals surface area contributed by atoms with Crippen molar-refractivity contribution in [3.63, 3.8) is 0 Å². The first kappa shape index (κ1) is 27.7. The number of benzene rings is 3. The van der Waals surface area contributed by atoms with Crippen LogP contribution in [0.3, 0.4) is 0 Å². The minimum Gasteiger partial charge on any atom is -0.464 e. The van der Waals surface area contributed by atoms with Crippen LogP contribution in [0.1, 0.15) is 73.0 Å². The Balaban J connectivity index is 1.52. The fourth-order valence-corrected chi connectivity index (χ4v) is 5.85. The molecule has 3 aromatic rings. The SMILES string of the molecule is CCCCCCCCOC(=O)[C@H](NS(=O)(=O)c1ccc2c(c1)C(=O)c1ccccc1-2)[C@H](O)c1ccccc1. The van der Waals surface area contributed by atoms with Crippen molar-refractivity contribution in [3.8, 4) is 11.1 Å². The molecule has 0 heterocycles. The number of carbonyl (C=O) groups is 2. The highest BCUT2D eigenvalue weighted by Gasteiger charge is 2.35. The third-order valence-corrected chi connectivity index (χ3v) is 8.18. The summed E-state index contributed by atoms with van der Waals surface area (Å²) in [4.78, 5) is 25.7. The Labute approximate surface area is 223 Å². The molecule has 7 nitrogen and oxygen atoms in total. The van der Waals surface area contributed by atoms with Crippen molar-refractivity contribution in [1.82, 2.24) is 4.72 Å². The van der Waals surface area contributed by atoms with Gasteiger partial charge in [0.1, 0.15) is 12.1 Å². The molecule has 0 saturated carbocycles. The summed E-state index contributed by atoms with van der Waals surface area (Å²) < 4.78 is 34.5. The van der Waals surface area contributed by atoms with Crippen LogP contribution in [0.5, 0.6) is 0 Å². The Morgan fingerprint density at radius 2 is 1.47 bits per heavy atom. The summed E-state index contributed by atoms with van der Waals surface area (Å²) in [5, 5.41) is 11.0. The van der Waals surface area contributed by atoms with Crippen LogP contribution in [0.4, 0.5) is 0 Å². The maximum Gasteiger partial charge on any atom is 0.327 e. The van der Waals surface area contributed by atoms with Gasteiger partial charge in [-0.3, -0.25) is 9.59 Å². The summed E-state index contributed by atoms with van der Waals surface area (Å²) in [5.74, 6) is -1.12. The van der Waals surface area contributed by atoms with Gasteiger partial charge in [-0.25, -0.2) is 8.42 Å². The first-order chi connectivity index (χ1) is 18.3. The molecule has 0 fully saturated rings. The van der Waals surface area contributed by atoms with E-state index in [1.54, 1.807) is 48.5 Å². The first-order valence-corrected chi connectivity index (χ1v) is 14.5. The van der Waals surface area contributed by atoms with Gasteiger partial charge in [0.2, 0.25) is 10.0 Å². The van der Waals surface area contributed by atoms with Crippen molar-refractivity contribution in [2.45, 2.75) is 62.5 Å². The normalized spacial score (nSPS) is 14.0. The van der Waals surface area contributed by atoms with E-state index >= 15 is 0 Å². The fourth-order valence-electron chi connectivity index (χ4n) is 4.64. The van der Waals surface area contributed by atoms with Gasteiger partial charge in [0.15, 0.2) is 5.78 Å². The molecular formula is C30H33NO6S. The van der Waals surface area contributed by atoms with Crippen molar-refractivity contribution in [2.75, 3.05) is 6.61 Å². The van der Waals surface area contributed by atoms with Gasteiger partial charge in [-0.1, -0.05) is 99.7 Å². The minimum absolute atomic E-state index is 0.135. The van der Waals surface area contributed by atoms with Crippen LogP contribution in [0.2, 0.25) is 0 Å². The lowest BCUT2D eigenvalue weighted by Gasteiger charge is -2.23. The Morgan fingerprint density at radius 1 is 0.842 bits per heavy atom. The van der Waals surface area contributed by atoms with E-state index in [4.69, 9.17) is 4.74 Å². The Bertz CT molecular complexity index is 1390. The number of sulfonamides is 1. The Kier molecular flexibility index (Phi) is 9.09. The molecular weight excluding hydrogens is 502 g/mol. The van der Waals surface area contributed by atoms with Crippen LogP contribution in [0.15, 0.2) is 77.7 Å². The molecule has 4 rings (SSSR count). The molecule has 0 spiro atoms. The van der Waals surface area contributed by atoms with Gasteiger partial charge in [-0.2, -0.15) is 4.72 Å². The lowest BCUT2D eigenvalue weighted by atomic mass is 10.0. The second-order valence-corrected chi connectivity index (χ2v) is 11.2. The molecule has 0 bridgehead atoms. The average Bonchev–Trinajstić information content (AvgIpc) is 3.22. The molecule has 0 amide bonds. The molecule has 0 aliphatic heterocycles. The van der Waals surface area contributed by atoms with E-state index in [0.29, 0.717) is 23.1 Å². The van der Waals surface area contributed by atoms with E-state index in [0.717, 1.165) is 37.7 Å². The maximum atomic E-state index is 13.4. The molecule has 0 saturated heterocycles. The molecule has 38 heavy (non-hydrogen) atoms. The molecule has 200 valence electrons. The average molecular weight is 536 g/mol. The zero-order valence-electron chi connectivity index (χ0n) is 21.4. The Morgan fingerprint density at radius 3 is 2.21 bits per heavy atom. The summed E-state index contributed by atoms with van der Waals surface area (Å²) in [5.41, 5.74) is 2.57. The third kappa shape index (κ3) is 6.20. The number of hydrogen-bond acceptors (Lipinski definition) is 6. The van der Waals surface area contributed by atoms with E-state index in [1.807, 2.05) is 12.1 Å². The zero-order chi connectivity index (χ0) is 27.1. The van der Waals surface area contributed by atoms with Crippen molar-refractivity contribution in [1.29, 1.82) is 0 Å². The number of aliphatic hydroxyl groups is 1. The van der Waals surface area contributed by atoms with Gasteiger partial charge in [0.05, 0.1) is 11.5 Å². The standard InChI is InChI=1S/C30H33NO6S/c1-2-3-4-5-6-12-19-37-30(34)27(28(32)21-13-8-7-9-14-21)31-38(35,36)22-17-18-24-23-15-10-11-16-25(23)29(33)26(24)20-22/h7-11,13-18,20,27-28,31-32H,2-6,12,19H2,1H3/t27-,28-/m1/s1. The summed E-state index contributed by atoms with van der Waals surface area (Å²) in [6, 6.07) is 18.2. The number of fused-ring (bicyclic) bond motifs is 3. The van der Waals surface area contributed by atoms with Gasteiger partial charge < -0.3 is 9.84 Å². The highest BCUT2D eigenvalue weighted by molar-refractivity contribution is 7.89. The largest absolute Gasteiger partial charge is 0.464 e. The number of aliphatic hydroxyl groups excluding tert-OH is 1. The molecule has 0 aromatic heterocycles. The predicted octanol–water partition coefficient (Wildman–Crippen LogP) is 5.18. The number of unbranched alkanes of at least 4 members (excludes halogenated alkanes) is 5. The van der Waals surface area contributed by atoms with Crippen LogP contribution in [0, 0.1) is 0 Å². The molecule has 8 heteroatoms. The highest BCUT2D eigenvalue weighted by atomic mass is 32.2. The third-order valence-electron chi connectivity index (χ3n) is 6.74. The number of ether oxygens (including phenoxy) is 1. The second-order valence-electron chi connectivity index (χ2n) is 9.47. The maximum absolute atomic E-state index is 13.4. The van der Waals surface area contributed by atoms with Gasteiger partial charge in [0.25, 0.3) is 0 Å². The van der Waals surface area contributed by atoms with E-state index in [-0.39, 0.29) is 22.8 Å². The van der Waals surface area contributed by atoms with Crippen LogP contribution < -0.4 is 4.72 Å². The summed E-state index contributed by atoms with van der Waals surface area (Å²) in [6.45, 7) is 2.27. The number of rotatable bonds is 13. The molecule has 0 unspecified atom stereocenters. The summed E-state index contributed by atoms with van der Waals surface area (Å²) >= 11 is 0. The lowest BCUT2D eigenvalue weighted by molar-refractivity contribution is -0.148. The summed E-state index contributed by atoms with van der Waals surface area (Å²) in [6.07, 6.45) is 4.54. The number of carbonyl (C=O) groups excluding carboxylic acids is 2. The van der Waals surface area contributed by atoms with Crippen LogP contribution in [0.25, 0.3) is 11.1 Å². The topological polar surface area (TPSA) is 110 Å². The van der Waals surface area contributed by atoms with Crippen molar-refractivity contribution in [3.05, 3.63) is 89.5 Å². The van der Waals surface area contributed by atoms with Gasteiger partial charge in [-0.05, 0) is 35.2 Å². The van der Waals surface area contributed by atoms with E-state index in [9.17, 15) is 23.1 Å². The number of nitrogens with one attached hydrogen (secondary N) is 1. The van der Waals surface area contributed by atoms with Gasteiger partial charge >= 0.3 is 5.97 Å². The molecule has 3 aromatic carbocycles. The van der Waals surface area contributed by atoms with Crippen molar-refractivity contribution >= 4 is 21.8 Å². The summed E-state index contributed by atoms with van der Waals surface area (Å²) in [7, 11) is -4.30. The van der Waals surface area contributed by atoms with E-state index in [2.05, 4.69) is 11.6 Å². The molecule has 1 aliphatic carbocycles. The quantitative estimate of drug-likeness (QED) is 0.180. The first-order valence-electron chi connectivity index (χ1n) is 13.0. The monoisotopic (exact) mass is 535 g/mol. The Hall–Kier alpha value is -3.33. The number of ketones is 1. The minimum atomic E-state index is -4.30. The predicted molar refractivity (Wildman–Crippen MR) is 145 cm³/mol. The van der Waals surface area contributed by atoms with Crippen LogP contribution >= 0.6 is 0 Å². The molecule has 0 radical (unpaired) electrons. The molecule has 1 aliphatic rings. The van der Waals surface area contributed by atoms with Gasteiger partial charge in [0, 0.05) is 11.1 Å². The van der Waals surface area contributed by atoms with E-state index < -0.39 is 28.1 Å². The zero-order valence-corrected chi connectivity index (χ0v) is 22.2. The smallest absolute Gasteiger partial charge is 0.327 e. The van der Waals surface area contributed by atoms with Crippen molar-refractivity contribution < 1.29 is 27.9 Å². The highest BCUT2D eigenvalue weighted by Crippen LogP contribution is 2.37. The van der Waals surface area contributed by atoms with Crippen molar-refractivity contribution in [2.24, 2.45) is 0 Å².